The smallest absolute Gasteiger partial charge is 0.304 e. The Morgan fingerprint density at radius 2 is 2.24 bits per heavy atom. The zero-order valence-electron chi connectivity index (χ0n) is 8.80. The SMILES string of the molecule is O=c1[nH]c(CNCc2cc(Br)ccc2F)cs1. The van der Waals surface area contributed by atoms with Crippen LogP contribution in [0.3, 0.4) is 0 Å². The molecule has 0 atom stereocenters. The van der Waals surface area contributed by atoms with E-state index in [2.05, 4.69) is 26.2 Å². The number of nitrogens with one attached hydrogen (secondary N) is 2. The minimum Gasteiger partial charge on any atom is -0.315 e. The normalized spacial score (nSPS) is 10.7. The van der Waals surface area contributed by atoms with Gasteiger partial charge in [0.1, 0.15) is 5.82 Å². The van der Waals surface area contributed by atoms with Crippen molar-refractivity contribution in [1.82, 2.24) is 10.3 Å². The first-order valence-electron chi connectivity index (χ1n) is 4.96. The molecule has 2 rings (SSSR count). The molecule has 0 radical (unpaired) electrons. The molecule has 0 saturated carbocycles. The van der Waals surface area contributed by atoms with Crippen molar-refractivity contribution in [2.45, 2.75) is 13.1 Å². The second-order valence-corrected chi connectivity index (χ2v) is 5.27. The zero-order valence-corrected chi connectivity index (χ0v) is 11.2. The molecule has 0 aliphatic carbocycles. The van der Waals surface area contributed by atoms with E-state index in [4.69, 9.17) is 0 Å². The number of benzene rings is 1. The van der Waals surface area contributed by atoms with Crippen LogP contribution >= 0.6 is 27.3 Å². The number of aromatic nitrogens is 1. The van der Waals surface area contributed by atoms with Crippen LogP contribution in [0.4, 0.5) is 4.39 Å². The van der Waals surface area contributed by atoms with Crippen molar-refractivity contribution in [2.24, 2.45) is 0 Å². The molecule has 1 aromatic carbocycles. The highest BCUT2D eigenvalue weighted by Gasteiger charge is 2.03. The Kier molecular flexibility index (Phi) is 4.09. The number of hydrogen-bond acceptors (Lipinski definition) is 3. The average molecular weight is 317 g/mol. The van der Waals surface area contributed by atoms with E-state index in [9.17, 15) is 9.18 Å². The number of rotatable bonds is 4. The molecule has 0 fully saturated rings. The summed E-state index contributed by atoms with van der Waals surface area (Å²) in [6.07, 6.45) is 0. The van der Waals surface area contributed by atoms with Gasteiger partial charge in [0, 0.05) is 34.2 Å². The molecule has 0 amide bonds. The first-order chi connectivity index (χ1) is 8.15. The monoisotopic (exact) mass is 316 g/mol. The van der Waals surface area contributed by atoms with Gasteiger partial charge >= 0.3 is 4.87 Å². The number of aromatic amines is 1. The predicted molar refractivity (Wildman–Crippen MR) is 69.6 cm³/mol. The first kappa shape index (κ1) is 12.5. The summed E-state index contributed by atoms with van der Waals surface area (Å²) in [7, 11) is 0. The molecule has 3 nitrogen and oxygen atoms in total. The lowest BCUT2D eigenvalue weighted by atomic mass is 10.2. The Hall–Kier alpha value is -0.980. The van der Waals surface area contributed by atoms with Crippen LogP contribution in [0.2, 0.25) is 0 Å². The fourth-order valence-corrected chi connectivity index (χ4v) is 2.40. The van der Waals surface area contributed by atoms with Gasteiger partial charge in [-0.2, -0.15) is 0 Å². The van der Waals surface area contributed by atoms with Gasteiger partial charge in [-0.3, -0.25) is 4.79 Å². The third-order valence-corrected chi connectivity index (χ3v) is 3.42. The van der Waals surface area contributed by atoms with Crippen LogP contribution in [0.25, 0.3) is 0 Å². The second kappa shape index (κ2) is 5.57. The summed E-state index contributed by atoms with van der Waals surface area (Å²) in [5, 5.41) is 4.83. The predicted octanol–water partition coefficient (Wildman–Crippen LogP) is 2.63. The summed E-state index contributed by atoms with van der Waals surface area (Å²) in [4.78, 5) is 13.5. The van der Waals surface area contributed by atoms with Gasteiger partial charge in [0.05, 0.1) is 0 Å². The molecule has 2 N–H and O–H groups in total. The van der Waals surface area contributed by atoms with Gasteiger partial charge in [0.2, 0.25) is 0 Å². The van der Waals surface area contributed by atoms with E-state index in [1.54, 1.807) is 17.5 Å². The molecule has 0 bridgehead atoms. The topological polar surface area (TPSA) is 44.9 Å². The minimum atomic E-state index is -0.237. The molecule has 0 aliphatic rings. The van der Waals surface area contributed by atoms with E-state index in [1.807, 2.05) is 0 Å². The highest BCUT2D eigenvalue weighted by molar-refractivity contribution is 9.10. The van der Waals surface area contributed by atoms with Gasteiger partial charge in [0.25, 0.3) is 0 Å². The molecule has 1 aromatic heterocycles. The molecule has 0 unspecified atom stereocenters. The van der Waals surface area contributed by atoms with Crippen LogP contribution in [0, 0.1) is 5.82 Å². The van der Waals surface area contributed by atoms with Crippen molar-refractivity contribution in [3.8, 4) is 0 Å². The number of H-pyrrole nitrogens is 1. The van der Waals surface area contributed by atoms with Crippen LogP contribution in [0.15, 0.2) is 32.8 Å². The average Bonchev–Trinajstić information content (AvgIpc) is 2.69. The molecule has 17 heavy (non-hydrogen) atoms. The maximum atomic E-state index is 13.4. The molecule has 0 spiro atoms. The van der Waals surface area contributed by atoms with Crippen molar-refractivity contribution in [1.29, 1.82) is 0 Å². The summed E-state index contributed by atoms with van der Waals surface area (Å²) >= 11 is 4.42. The third-order valence-electron chi connectivity index (χ3n) is 2.21. The number of hydrogen-bond donors (Lipinski definition) is 2. The Morgan fingerprint density at radius 1 is 1.41 bits per heavy atom. The van der Waals surface area contributed by atoms with Gasteiger partial charge in [0.15, 0.2) is 0 Å². The van der Waals surface area contributed by atoms with Crippen molar-refractivity contribution >= 4 is 27.3 Å². The molecule has 6 heteroatoms. The summed E-state index contributed by atoms with van der Waals surface area (Å²) in [6.45, 7) is 0.938. The van der Waals surface area contributed by atoms with E-state index in [0.717, 1.165) is 21.5 Å². The fourth-order valence-electron chi connectivity index (χ4n) is 1.41. The van der Waals surface area contributed by atoms with Crippen LogP contribution in [0.1, 0.15) is 11.3 Å². The molecule has 2 aromatic rings. The number of thiazole rings is 1. The van der Waals surface area contributed by atoms with E-state index < -0.39 is 0 Å². The summed E-state index contributed by atoms with van der Waals surface area (Å²) in [5.74, 6) is -0.237. The minimum absolute atomic E-state index is 0.0737. The Balaban J connectivity index is 1.94. The quantitative estimate of drug-likeness (QED) is 0.910. The van der Waals surface area contributed by atoms with Crippen LogP contribution < -0.4 is 10.2 Å². The Labute approximate surface area is 110 Å². The van der Waals surface area contributed by atoms with E-state index in [0.29, 0.717) is 18.7 Å². The van der Waals surface area contributed by atoms with Crippen molar-refractivity contribution in [3.63, 3.8) is 0 Å². The summed E-state index contributed by atoms with van der Waals surface area (Å²) < 4.78 is 14.2. The highest BCUT2D eigenvalue weighted by Crippen LogP contribution is 2.15. The van der Waals surface area contributed by atoms with Gasteiger partial charge in [-0.05, 0) is 18.2 Å². The molecule has 0 saturated heterocycles. The van der Waals surface area contributed by atoms with E-state index in [-0.39, 0.29) is 10.7 Å². The van der Waals surface area contributed by atoms with Crippen LogP contribution in [0.5, 0.6) is 0 Å². The van der Waals surface area contributed by atoms with Gasteiger partial charge in [-0.1, -0.05) is 27.3 Å². The third kappa shape index (κ3) is 3.49. The van der Waals surface area contributed by atoms with Crippen molar-refractivity contribution in [3.05, 3.63) is 54.8 Å². The molecule has 1 heterocycles. The van der Waals surface area contributed by atoms with Crippen LogP contribution in [-0.2, 0) is 13.1 Å². The van der Waals surface area contributed by atoms with Crippen molar-refractivity contribution in [2.75, 3.05) is 0 Å². The zero-order chi connectivity index (χ0) is 12.3. The lowest BCUT2D eigenvalue weighted by molar-refractivity contribution is 0.585. The van der Waals surface area contributed by atoms with Gasteiger partial charge in [-0.25, -0.2) is 4.39 Å². The maximum Gasteiger partial charge on any atom is 0.304 e. The summed E-state index contributed by atoms with van der Waals surface area (Å²) in [5.41, 5.74) is 1.41. The molecule has 90 valence electrons. The van der Waals surface area contributed by atoms with E-state index >= 15 is 0 Å². The standard InChI is InChI=1S/C11H10BrFN2OS/c12-8-1-2-10(13)7(3-8)4-14-5-9-6-17-11(16)15-9/h1-3,6,14H,4-5H2,(H,15,16). The number of halogens is 2. The molecular formula is C11H10BrFN2OS. The second-order valence-electron chi connectivity index (χ2n) is 3.51. The van der Waals surface area contributed by atoms with E-state index in [1.165, 1.54) is 6.07 Å². The highest BCUT2D eigenvalue weighted by atomic mass is 79.9. The van der Waals surface area contributed by atoms with Gasteiger partial charge < -0.3 is 10.3 Å². The first-order valence-corrected chi connectivity index (χ1v) is 6.64. The largest absolute Gasteiger partial charge is 0.315 e. The lowest BCUT2D eigenvalue weighted by Gasteiger charge is -2.05. The van der Waals surface area contributed by atoms with Crippen LogP contribution in [-0.4, -0.2) is 4.98 Å². The fraction of sp³-hybridized carbons (Fsp3) is 0.182. The van der Waals surface area contributed by atoms with Crippen molar-refractivity contribution < 1.29 is 4.39 Å². The lowest BCUT2D eigenvalue weighted by Crippen LogP contribution is -2.14. The Bertz CT molecular complexity index is 567. The van der Waals surface area contributed by atoms with Gasteiger partial charge in [-0.15, -0.1) is 0 Å². The summed E-state index contributed by atoms with van der Waals surface area (Å²) in [6, 6.07) is 4.82. The molecule has 0 aliphatic heterocycles. The Morgan fingerprint density at radius 3 is 2.94 bits per heavy atom. The molecular weight excluding hydrogens is 307 g/mol. The maximum absolute atomic E-state index is 13.4.